The Labute approximate surface area is 120 Å². The Bertz CT molecular complexity index is 446. The van der Waals surface area contributed by atoms with E-state index in [-0.39, 0.29) is 11.9 Å². The topological polar surface area (TPSA) is 50.4 Å². The molecule has 0 bridgehead atoms. The summed E-state index contributed by atoms with van der Waals surface area (Å²) in [5.74, 6) is 0.797. The van der Waals surface area contributed by atoms with E-state index in [0.717, 1.165) is 43.7 Å². The molecule has 1 saturated heterocycles. The molecule has 0 saturated carbocycles. The number of hydrogen-bond acceptors (Lipinski definition) is 3. The van der Waals surface area contributed by atoms with Crippen LogP contribution in [0.5, 0.6) is 5.75 Å². The molecule has 1 atom stereocenters. The van der Waals surface area contributed by atoms with Gasteiger partial charge in [-0.15, -0.1) is 0 Å². The van der Waals surface area contributed by atoms with Crippen LogP contribution < -0.4 is 15.4 Å². The minimum absolute atomic E-state index is 0.0206. The molecule has 4 heteroatoms. The third-order valence-corrected chi connectivity index (χ3v) is 3.47. The minimum atomic E-state index is -0.0206. The van der Waals surface area contributed by atoms with Crippen LogP contribution >= 0.6 is 0 Å². The summed E-state index contributed by atoms with van der Waals surface area (Å²) in [6.07, 6.45) is 6.59. The molecule has 2 N–H and O–H groups in total. The van der Waals surface area contributed by atoms with Gasteiger partial charge in [0.25, 0.3) is 0 Å². The van der Waals surface area contributed by atoms with Crippen molar-refractivity contribution in [3.8, 4) is 5.75 Å². The highest BCUT2D eigenvalue weighted by molar-refractivity contribution is 5.91. The van der Waals surface area contributed by atoms with Crippen LogP contribution in [0.2, 0.25) is 0 Å². The van der Waals surface area contributed by atoms with Gasteiger partial charge in [-0.3, -0.25) is 4.79 Å². The molecule has 1 aromatic carbocycles. The Morgan fingerprint density at radius 1 is 1.30 bits per heavy atom. The Hall–Kier alpha value is -1.81. The molecule has 20 heavy (non-hydrogen) atoms. The molecule has 0 aliphatic carbocycles. The molecule has 1 aromatic rings. The third-order valence-electron chi connectivity index (χ3n) is 3.47. The van der Waals surface area contributed by atoms with E-state index in [0.29, 0.717) is 0 Å². The zero-order valence-electron chi connectivity index (χ0n) is 11.9. The summed E-state index contributed by atoms with van der Waals surface area (Å²) >= 11 is 0. The summed E-state index contributed by atoms with van der Waals surface area (Å²) in [5.41, 5.74) is 0.989. The quantitative estimate of drug-likeness (QED) is 0.825. The maximum absolute atomic E-state index is 11.9. The number of carbonyl (C=O) groups excluding carboxylic acids is 1. The maximum atomic E-state index is 11.9. The van der Waals surface area contributed by atoms with Crippen molar-refractivity contribution in [1.29, 1.82) is 0 Å². The van der Waals surface area contributed by atoms with Crippen molar-refractivity contribution in [3.63, 3.8) is 0 Å². The molecule has 4 nitrogen and oxygen atoms in total. The van der Waals surface area contributed by atoms with Crippen molar-refractivity contribution < 1.29 is 9.53 Å². The van der Waals surface area contributed by atoms with Gasteiger partial charge < -0.3 is 15.4 Å². The first kappa shape index (κ1) is 14.6. The van der Waals surface area contributed by atoms with Gasteiger partial charge in [0.15, 0.2) is 0 Å². The Kier molecular flexibility index (Phi) is 5.62. The van der Waals surface area contributed by atoms with Crippen LogP contribution in [0.25, 0.3) is 6.08 Å². The van der Waals surface area contributed by atoms with Crippen LogP contribution in [0, 0.1) is 0 Å². The van der Waals surface area contributed by atoms with E-state index in [4.69, 9.17) is 4.74 Å². The van der Waals surface area contributed by atoms with Gasteiger partial charge in [-0.2, -0.15) is 0 Å². The lowest BCUT2D eigenvalue weighted by atomic mass is 10.1. The lowest BCUT2D eigenvalue weighted by Gasteiger charge is -2.14. The van der Waals surface area contributed by atoms with Gasteiger partial charge in [0.1, 0.15) is 5.75 Å². The molecule has 1 aliphatic heterocycles. The van der Waals surface area contributed by atoms with E-state index >= 15 is 0 Å². The van der Waals surface area contributed by atoms with Gasteiger partial charge in [-0.25, -0.2) is 0 Å². The van der Waals surface area contributed by atoms with Crippen LogP contribution in [0.4, 0.5) is 0 Å². The van der Waals surface area contributed by atoms with Crippen molar-refractivity contribution in [3.05, 3.63) is 35.9 Å². The molecule has 1 aliphatic rings. The second-order valence-electron chi connectivity index (χ2n) is 4.99. The van der Waals surface area contributed by atoms with E-state index in [1.165, 1.54) is 0 Å². The number of rotatable bonds is 4. The smallest absolute Gasteiger partial charge is 0.244 e. The van der Waals surface area contributed by atoms with Crippen LogP contribution in [-0.4, -0.2) is 32.1 Å². The second kappa shape index (κ2) is 7.70. The molecule has 0 aromatic heterocycles. The van der Waals surface area contributed by atoms with Crippen molar-refractivity contribution in [2.75, 3.05) is 20.2 Å². The van der Waals surface area contributed by atoms with E-state index in [9.17, 15) is 4.79 Å². The van der Waals surface area contributed by atoms with E-state index in [2.05, 4.69) is 10.6 Å². The molecule has 0 spiro atoms. The zero-order valence-corrected chi connectivity index (χ0v) is 11.9. The molecule has 1 amide bonds. The molecule has 1 unspecified atom stereocenters. The van der Waals surface area contributed by atoms with Crippen LogP contribution in [0.15, 0.2) is 30.3 Å². The number of methoxy groups -OCH3 is 1. The number of amides is 1. The second-order valence-corrected chi connectivity index (χ2v) is 4.99. The average molecular weight is 274 g/mol. The standard InChI is InChI=1S/C16H22N2O2/c1-20-15-7-4-13(5-8-15)6-9-16(19)18-14-3-2-11-17-12-10-14/h4-9,14,17H,2-3,10-12H2,1H3,(H,18,19)/b9-6+. The minimum Gasteiger partial charge on any atom is -0.497 e. The van der Waals surface area contributed by atoms with Crippen molar-refractivity contribution in [2.45, 2.75) is 25.3 Å². The van der Waals surface area contributed by atoms with E-state index in [1.54, 1.807) is 13.2 Å². The fourth-order valence-electron chi connectivity index (χ4n) is 2.30. The van der Waals surface area contributed by atoms with Gasteiger partial charge in [0.2, 0.25) is 5.91 Å². The molecule has 108 valence electrons. The first-order chi connectivity index (χ1) is 9.78. The molecule has 1 heterocycles. The maximum Gasteiger partial charge on any atom is 0.244 e. The Morgan fingerprint density at radius 2 is 2.10 bits per heavy atom. The number of nitrogens with one attached hydrogen (secondary N) is 2. The first-order valence-electron chi connectivity index (χ1n) is 7.11. The lowest BCUT2D eigenvalue weighted by Crippen LogP contribution is -2.34. The Balaban J connectivity index is 1.84. The molecular formula is C16H22N2O2. The number of ether oxygens (including phenoxy) is 1. The van der Waals surface area contributed by atoms with Gasteiger partial charge in [0.05, 0.1) is 7.11 Å². The van der Waals surface area contributed by atoms with Gasteiger partial charge in [-0.1, -0.05) is 12.1 Å². The summed E-state index contributed by atoms with van der Waals surface area (Å²) in [4.78, 5) is 11.9. The largest absolute Gasteiger partial charge is 0.497 e. The summed E-state index contributed by atoms with van der Waals surface area (Å²) in [6, 6.07) is 7.91. The van der Waals surface area contributed by atoms with Crippen molar-refractivity contribution in [1.82, 2.24) is 10.6 Å². The van der Waals surface area contributed by atoms with E-state index < -0.39 is 0 Å². The van der Waals surface area contributed by atoms with Gasteiger partial charge >= 0.3 is 0 Å². The normalized spacial score (nSPS) is 19.6. The summed E-state index contributed by atoms with van der Waals surface area (Å²) in [6.45, 7) is 2.03. The van der Waals surface area contributed by atoms with E-state index in [1.807, 2.05) is 30.3 Å². The number of benzene rings is 1. The zero-order chi connectivity index (χ0) is 14.2. The van der Waals surface area contributed by atoms with Crippen molar-refractivity contribution >= 4 is 12.0 Å². The monoisotopic (exact) mass is 274 g/mol. The predicted octanol–water partition coefficient (Wildman–Crippen LogP) is 1.97. The molecular weight excluding hydrogens is 252 g/mol. The SMILES string of the molecule is COc1ccc(/C=C/C(=O)NC2CCCNCC2)cc1. The third kappa shape index (κ3) is 4.70. The molecule has 0 radical (unpaired) electrons. The summed E-state index contributed by atoms with van der Waals surface area (Å²) in [5, 5.41) is 6.40. The fourth-order valence-corrected chi connectivity index (χ4v) is 2.30. The predicted molar refractivity (Wildman–Crippen MR) is 80.7 cm³/mol. The van der Waals surface area contributed by atoms with Crippen molar-refractivity contribution in [2.24, 2.45) is 0 Å². The average Bonchev–Trinajstić information content (AvgIpc) is 2.74. The summed E-state index contributed by atoms with van der Waals surface area (Å²) in [7, 11) is 1.64. The highest BCUT2D eigenvalue weighted by Crippen LogP contribution is 2.12. The first-order valence-corrected chi connectivity index (χ1v) is 7.11. The van der Waals surface area contributed by atoms with Gasteiger partial charge in [-0.05, 0) is 56.1 Å². The number of hydrogen-bond donors (Lipinski definition) is 2. The summed E-state index contributed by atoms with van der Waals surface area (Å²) < 4.78 is 5.10. The molecule has 1 fully saturated rings. The molecule has 2 rings (SSSR count). The fraction of sp³-hybridized carbons (Fsp3) is 0.438. The van der Waals surface area contributed by atoms with Crippen LogP contribution in [0.3, 0.4) is 0 Å². The lowest BCUT2D eigenvalue weighted by molar-refractivity contribution is -0.117. The van der Waals surface area contributed by atoms with Crippen LogP contribution in [0.1, 0.15) is 24.8 Å². The van der Waals surface area contributed by atoms with Crippen LogP contribution in [-0.2, 0) is 4.79 Å². The number of carbonyl (C=O) groups is 1. The van der Waals surface area contributed by atoms with Gasteiger partial charge in [0, 0.05) is 12.1 Å². The highest BCUT2D eigenvalue weighted by atomic mass is 16.5. The Morgan fingerprint density at radius 3 is 2.85 bits per heavy atom. The highest BCUT2D eigenvalue weighted by Gasteiger charge is 2.12.